The van der Waals surface area contributed by atoms with E-state index in [2.05, 4.69) is 32.5 Å². The van der Waals surface area contributed by atoms with Crippen LogP contribution in [-0.2, 0) is 11.3 Å². The number of nitrogens with one attached hydrogen (secondary N) is 1. The zero-order chi connectivity index (χ0) is 22.8. The average molecular weight is 453 g/mol. The number of pyridine rings is 1. The van der Waals surface area contributed by atoms with Gasteiger partial charge in [-0.25, -0.2) is 4.68 Å². The van der Waals surface area contributed by atoms with Crippen molar-refractivity contribution in [2.45, 2.75) is 69.7 Å². The molecule has 0 radical (unpaired) electrons. The van der Waals surface area contributed by atoms with E-state index in [-0.39, 0.29) is 17.7 Å². The summed E-state index contributed by atoms with van der Waals surface area (Å²) in [6, 6.07) is 7.74. The first-order valence-corrected chi connectivity index (χ1v) is 11.9. The summed E-state index contributed by atoms with van der Waals surface area (Å²) in [5, 5.41) is 13.7. The van der Waals surface area contributed by atoms with Gasteiger partial charge in [0.1, 0.15) is 11.8 Å². The molecule has 2 atom stereocenters. The molecule has 1 saturated heterocycles. The fraction of sp³-hybridized carbons (Fsp3) is 0.583. The Morgan fingerprint density at radius 1 is 1.21 bits per heavy atom. The first-order valence-electron chi connectivity index (χ1n) is 11.9. The van der Waals surface area contributed by atoms with E-state index < -0.39 is 0 Å². The summed E-state index contributed by atoms with van der Waals surface area (Å²) in [6.07, 6.45) is 8.07. The Hall–Kier alpha value is -2.78. The van der Waals surface area contributed by atoms with Gasteiger partial charge in [-0.05, 0) is 66.7 Å². The molecule has 0 unspecified atom stereocenters. The summed E-state index contributed by atoms with van der Waals surface area (Å²) in [5.74, 6) is 1.40. The van der Waals surface area contributed by atoms with Crippen LogP contribution in [-0.4, -0.2) is 63.0 Å². The summed E-state index contributed by atoms with van der Waals surface area (Å²) in [5.41, 5.74) is 1.28. The van der Waals surface area contributed by atoms with Gasteiger partial charge in [-0.1, -0.05) is 19.3 Å². The van der Waals surface area contributed by atoms with Crippen molar-refractivity contribution >= 4 is 10.9 Å². The minimum absolute atomic E-state index is 0.107. The van der Waals surface area contributed by atoms with Gasteiger partial charge in [-0.3, -0.25) is 9.69 Å². The molecule has 2 fully saturated rings. The number of hydrogen-bond donors (Lipinski definition) is 1. The van der Waals surface area contributed by atoms with Crippen molar-refractivity contribution in [3.05, 3.63) is 46.0 Å². The first kappa shape index (κ1) is 22.0. The summed E-state index contributed by atoms with van der Waals surface area (Å²) >= 11 is 0. The molecular weight excluding hydrogens is 420 g/mol. The Bertz CT molecular complexity index is 1150. The van der Waals surface area contributed by atoms with Crippen LogP contribution in [0.3, 0.4) is 0 Å². The molecule has 1 saturated carbocycles. The normalized spacial score (nSPS) is 20.5. The molecule has 176 valence electrons. The number of methoxy groups -OCH3 is 1. The van der Waals surface area contributed by atoms with Crippen molar-refractivity contribution < 1.29 is 9.47 Å². The lowest BCUT2D eigenvalue weighted by atomic mass is 9.92. The molecule has 0 spiro atoms. The van der Waals surface area contributed by atoms with Crippen LogP contribution in [0.4, 0.5) is 0 Å². The largest absolute Gasteiger partial charge is 0.497 e. The topological polar surface area (TPSA) is 98.2 Å². The Morgan fingerprint density at radius 2 is 2.06 bits per heavy atom. The lowest BCUT2D eigenvalue weighted by Gasteiger charge is -2.36. The summed E-state index contributed by atoms with van der Waals surface area (Å²) in [4.78, 5) is 18.8. The summed E-state index contributed by atoms with van der Waals surface area (Å²) in [6.45, 7) is 1.38. The van der Waals surface area contributed by atoms with E-state index in [1.165, 1.54) is 19.3 Å². The van der Waals surface area contributed by atoms with Crippen LogP contribution in [0, 0.1) is 0 Å². The number of aromatic nitrogens is 5. The third-order valence-corrected chi connectivity index (χ3v) is 7.14. The van der Waals surface area contributed by atoms with Crippen molar-refractivity contribution in [1.29, 1.82) is 0 Å². The molecule has 3 heterocycles. The maximum absolute atomic E-state index is 13.4. The van der Waals surface area contributed by atoms with Crippen molar-refractivity contribution in [3.8, 4) is 5.75 Å². The molecule has 0 bridgehead atoms. The molecule has 1 aromatic carbocycles. The smallest absolute Gasteiger partial charge is 0.253 e. The van der Waals surface area contributed by atoms with Crippen LogP contribution in [0.25, 0.3) is 10.9 Å². The van der Waals surface area contributed by atoms with E-state index in [4.69, 9.17) is 9.47 Å². The van der Waals surface area contributed by atoms with Gasteiger partial charge in [-0.2, -0.15) is 0 Å². The number of tetrazole rings is 1. The fourth-order valence-corrected chi connectivity index (χ4v) is 5.29. The molecule has 1 aliphatic heterocycles. The van der Waals surface area contributed by atoms with Crippen LogP contribution in [0.2, 0.25) is 0 Å². The summed E-state index contributed by atoms with van der Waals surface area (Å²) < 4.78 is 13.0. The zero-order valence-corrected chi connectivity index (χ0v) is 19.4. The molecular formula is C24H32N6O3. The second kappa shape index (κ2) is 9.61. The fourth-order valence-electron chi connectivity index (χ4n) is 5.29. The number of H-pyrrole nitrogens is 1. The lowest BCUT2D eigenvalue weighted by Crippen LogP contribution is -2.40. The Morgan fingerprint density at radius 3 is 2.82 bits per heavy atom. The molecule has 3 aromatic rings. The van der Waals surface area contributed by atoms with E-state index in [1.54, 1.807) is 7.11 Å². The second-order valence-corrected chi connectivity index (χ2v) is 9.22. The van der Waals surface area contributed by atoms with Gasteiger partial charge >= 0.3 is 0 Å². The molecule has 0 amide bonds. The second-order valence-electron chi connectivity index (χ2n) is 9.22. The molecule has 9 nitrogen and oxygen atoms in total. The molecule has 2 aromatic heterocycles. The highest BCUT2D eigenvalue weighted by Gasteiger charge is 2.33. The molecule has 9 heteroatoms. The van der Waals surface area contributed by atoms with Crippen LogP contribution in [0.15, 0.2) is 29.1 Å². The third kappa shape index (κ3) is 4.52. The maximum Gasteiger partial charge on any atom is 0.253 e. The Kier molecular flexibility index (Phi) is 6.41. The minimum atomic E-state index is -0.347. The molecule has 2 aliphatic rings. The number of benzene rings is 1. The monoisotopic (exact) mass is 452 g/mol. The van der Waals surface area contributed by atoms with Gasteiger partial charge in [-0.15, -0.1) is 5.10 Å². The van der Waals surface area contributed by atoms with E-state index >= 15 is 0 Å². The Labute approximate surface area is 193 Å². The SMILES string of the molecule is COc1ccc2cc([C@H](c3nnnn3C[C@H]3CCCO3)N(C)C3CCCCC3)c(=O)[nH]c2c1. The van der Waals surface area contributed by atoms with Crippen LogP contribution in [0.5, 0.6) is 5.75 Å². The Balaban J connectivity index is 1.58. The zero-order valence-electron chi connectivity index (χ0n) is 19.4. The van der Waals surface area contributed by atoms with Gasteiger partial charge < -0.3 is 14.5 Å². The van der Waals surface area contributed by atoms with Gasteiger partial charge in [0.05, 0.1) is 25.3 Å². The molecule has 1 aliphatic carbocycles. The summed E-state index contributed by atoms with van der Waals surface area (Å²) in [7, 11) is 3.72. The highest BCUT2D eigenvalue weighted by molar-refractivity contribution is 5.80. The number of aromatic amines is 1. The maximum atomic E-state index is 13.4. The number of rotatable bonds is 7. The van der Waals surface area contributed by atoms with Crippen molar-refractivity contribution in [2.75, 3.05) is 20.8 Å². The molecule has 5 rings (SSSR count). The number of hydrogen-bond acceptors (Lipinski definition) is 7. The lowest BCUT2D eigenvalue weighted by molar-refractivity contribution is 0.0894. The van der Waals surface area contributed by atoms with E-state index in [0.717, 1.165) is 43.2 Å². The molecule has 33 heavy (non-hydrogen) atoms. The minimum Gasteiger partial charge on any atom is -0.497 e. The number of nitrogens with zero attached hydrogens (tertiary/aromatic N) is 5. The van der Waals surface area contributed by atoms with Crippen molar-refractivity contribution in [2.24, 2.45) is 0 Å². The highest BCUT2D eigenvalue weighted by Crippen LogP contribution is 2.33. The van der Waals surface area contributed by atoms with Gasteiger partial charge in [0.15, 0.2) is 5.82 Å². The predicted molar refractivity (Wildman–Crippen MR) is 124 cm³/mol. The number of ether oxygens (including phenoxy) is 2. The average Bonchev–Trinajstić information content (AvgIpc) is 3.52. The standard InChI is InChI=1S/C24H32N6O3/c1-29(17-7-4-3-5-8-17)22(23-26-27-28-30(23)15-19-9-6-12-33-19)20-13-16-10-11-18(32-2)14-21(16)25-24(20)31/h10-11,13-14,17,19,22H,3-9,12,15H2,1-2H3,(H,25,31)/t19-,22-/m1/s1. The predicted octanol–water partition coefficient (Wildman–Crippen LogP) is 3.06. The quantitative estimate of drug-likeness (QED) is 0.588. The van der Waals surface area contributed by atoms with Crippen LogP contribution in [0.1, 0.15) is 62.4 Å². The van der Waals surface area contributed by atoms with Crippen LogP contribution >= 0.6 is 0 Å². The number of fused-ring (bicyclic) bond motifs is 1. The van der Waals surface area contributed by atoms with Crippen molar-refractivity contribution in [3.63, 3.8) is 0 Å². The van der Waals surface area contributed by atoms with E-state index in [0.29, 0.717) is 29.7 Å². The van der Waals surface area contributed by atoms with Gasteiger partial charge in [0.2, 0.25) is 0 Å². The van der Waals surface area contributed by atoms with Crippen LogP contribution < -0.4 is 10.3 Å². The molecule has 1 N–H and O–H groups in total. The van der Waals surface area contributed by atoms with Gasteiger partial charge in [0.25, 0.3) is 5.56 Å². The third-order valence-electron chi connectivity index (χ3n) is 7.14. The highest BCUT2D eigenvalue weighted by atomic mass is 16.5. The van der Waals surface area contributed by atoms with E-state index in [1.807, 2.05) is 28.9 Å². The first-order chi connectivity index (χ1) is 16.1. The van der Waals surface area contributed by atoms with Gasteiger partial charge in [0, 0.05) is 24.3 Å². The van der Waals surface area contributed by atoms with E-state index in [9.17, 15) is 4.79 Å². The van der Waals surface area contributed by atoms with Crippen molar-refractivity contribution in [1.82, 2.24) is 30.1 Å².